The van der Waals surface area contributed by atoms with Crippen molar-refractivity contribution in [1.82, 2.24) is 4.90 Å². The van der Waals surface area contributed by atoms with E-state index in [9.17, 15) is 14.0 Å². The van der Waals surface area contributed by atoms with Gasteiger partial charge in [-0.25, -0.2) is 4.39 Å². The van der Waals surface area contributed by atoms with Crippen molar-refractivity contribution >= 4 is 17.5 Å². The summed E-state index contributed by atoms with van der Waals surface area (Å²) >= 11 is 0. The Kier molecular flexibility index (Phi) is 5.97. The van der Waals surface area contributed by atoms with Crippen LogP contribution in [0.4, 0.5) is 10.1 Å². The largest absolute Gasteiger partial charge is 0.494 e. The van der Waals surface area contributed by atoms with Gasteiger partial charge in [0.25, 0.3) is 0 Å². The fraction of sp³-hybridized carbons (Fsp3) is 0.364. The summed E-state index contributed by atoms with van der Waals surface area (Å²) in [5.41, 5.74) is 1.61. The molecule has 6 heteroatoms. The molecule has 0 bridgehead atoms. The van der Waals surface area contributed by atoms with Crippen LogP contribution in [0.2, 0.25) is 0 Å². The summed E-state index contributed by atoms with van der Waals surface area (Å²) in [5, 5.41) is 0. The summed E-state index contributed by atoms with van der Waals surface area (Å²) in [7, 11) is 1.72. The highest BCUT2D eigenvalue weighted by molar-refractivity contribution is 6.00. The van der Waals surface area contributed by atoms with E-state index in [1.807, 2.05) is 38.1 Å². The van der Waals surface area contributed by atoms with Crippen molar-refractivity contribution in [1.29, 1.82) is 0 Å². The Bertz CT molecular complexity index is 836. The summed E-state index contributed by atoms with van der Waals surface area (Å²) in [5.74, 6) is -0.105. The number of ether oxygens (including phenoxy) is 1. The van der Waals surface area contributed by atoms with E-state index in [0.29, 0.717) is 13.2 Å². The van der Waals surface area contributed by atoms with Gasteiger partial charge in [-0.05, 0) is 55.8 Å². The number of carbonyl (C=O) groups excluding carboxylic acids is 2. The molecule has 0 radical (unpaired) electrons. The fourth-order valence-electron chi connectivity index (χ4n) is 3.46. The van der Waals surface area contributed by atoms with Crippen molar-refractivity contribution < 1.29 is 18.7 Å². The minimum absolute atomic E-state index is 0.0645. The molecule has 2 amide bonds. The van der Waals surface area contributed by atoms with E-state index >= 15 is 0 Å². The van der Waals surface area contributed by atoms with Gasteiger partial charge in [0.1, 0.15) is 11.6 Å². The molecule has 1 aliphatic heterocycles. The van der Waals surface area contributed by atoms with Crippen LogP contribution in [0, 0.1) is 11.7 Å². The van der Waals surface area contributed by atoms with E-state index in [1.165, 1.54) is 12.1 Å². The molecule has 0 aliphatic carbocycles. The average Bonchev–Trinajstić information content (AvgIpc) is 3.09. The zero-order valence-corrected chi connectivity index (χ0v) is 16.4. The molecule has 1 fully saturated rings. The number of amides is 2. The SMILES string of the molecule is CCOc1ccc(N2CC(C(=O)N(C)C(C)c3ccc(F)cc3)CC2=O)cc1. The van der Waals surface area contributed by atoms with Crippen LogP contribution in [0.1, 0.15) is 31.9 Å². The first-order chi connectivity index (χ1) is 13.4. The molecule has 5 nitrogen and oxygen atoms in total. The van der Waals surface area contributed by atoms with Crippen molar-refractivity contribution in [2.45, 2.75) is 26.3 Å². The van der Waals surface area contributed by atoms with Gasteiger partial charge in [0.15, 0.2) is 0 Å². The van der Waals surface area contributed by atoms with Crippen LogP contribution in [-0.2, 0) is 9.59 Å². The number of anilines is 1. The van der Waals surface area contributed by atoms with Crippen LogP contribution in [0.25, 0.3) is 0 Å². The Morgan fingerprint density at radius 3 is 2.46 bits per heavy atom. The number of hydrogen-bond acceptors (Lipinski definition) is 3. The van der Waals surface area contributed by atoms with E-state index in [0.717, 1.165) is 17.0 Å². The van der Waals surface area contributed by atoms with Gasteiger partial charge in [-0.15, -0.1) is 0 Å². The topological polar surface area (TPSA) is 49.9 Å². The van der Waals surface area contributed by atoms with Gasteiger partial charge in [0.05, 0.1) is 18.6 Å². The summed E-state index contributed by atoms with van der Waals surface area (Å²) < 4.78 is 18.6. The van der Waals surface area contributed by atoms with Crippen molar-refractivity contribution in [2.24, 2.45) is 5.92 Å². The first kappa shape index (κ1) is 19.9. The molecule has 28 heavy (non-hydrogen) atoms. The predicted molar refractivity (Wildman–Crippen MR) is 106 cm³/mol. The molecule has 1 heterocycles. The van der Waals surface area contributed by atoms with Crippen LogP contribution in [0.15, 0.2) is 48.5 Å². The Balaban J connectivity index is 1.68. The third-order valence-electron chi connectivity index (χ3n) is 5.21. The maximum Gasteiger partial charge on any atom is 0.228 e. The predicted octanol–water partition coefficient (Wildman–Crippen LogP) is 3.80. The molecule has 0 spiro atoms. The minimum Gasteiger partial charge on any atom is -0.494 e. The smallest absolute Gasteiger partial charge is 0.228 e. The lowest BCUT2D eigenvalue weighted by Crippen LogP contribution is -2.36. The molecule has 0 N–H and O–H groups in total. The van der Waals surface area contributed by atoms with Gasteiger partial charge in [0.2, 0.25) is 11.8 Å². The van der Waals surface area contributed by atoms with Crippen molar-refractivity contribution in [2.75, 3.05) is 25.1 Å². The van der Waals surface area contributed by atoms with Crippen molar-refractivity contribution in [3.05, 3.63) is 59.9 Å². The maximum absolute atomic E-state index is 13.1. The van der Waals surface area contributed by atoms with Gasteiger partial charge in [-0.3, -0.25) is 9.59 Å². The van der Waals surface area contributed by atoms with Gasteiger partial charge >= 0.3 is 0 Å². The molecular weight excluding hydrogens is 359 g/mol. The quantitative estimate of drug-likeness (QED) is 0.761. The Labute approximate surface area is 164 Å². The lowest BCUT2D eigenvalue weighted by atomic mass is 10.0. The highest BCUT2D eigenvalue weighted by atomic mass is 19.1. The number of hydrogen-bond donors (Lipinski definition) is 0. The first-order valence-electron chi connectivity index (χ1n) is 9.46. The van der Waals surface area contributed by atoms with Gasteiger partial charge in [-0.2, -0.15) is 0 Å². The first-order valence-corrected chi connectivity index (χ1v) is 9.46. The summed E-state index contributed by atoms with van der Waals surface area (Å²) in [6.07, 6.45) is 0.187. The van der Waals surface area contributed by atoms with Crippen LogP contribution >= 0.6 is 0 Å². The fourth-order valence-corrected chi connectivity index (χ4v) is 3.46. The average molecular weight is 384 g/mol. The molecule has 148 valence electrons. The molecule has 2 aromatic rings. The minimum atomic E-state index is -0.396. The molecule has 0 saturated carbocycles. The van der Waals surface area contributed by atoms with E-state index < -0.39 is 5.92 Å². The number of rotatable bonds is 6. The molecule has 2 unspecified atom stereocenters. The van der Waals surface area contributed by atoms with Crippen LogP contribution in [-0.4, -0.2) is 36.9 Å². The zero-order valence-electron chi connectivity index (χ0n) is 16.4. The number of halogens is 1. The van der Waals surface area contributed by atoms with Gasteiger partial charge < -0.3 is 14.5 Å². The monoisotopic (exact) mass is 384 g/mol. The van der Waals surface area contributed by atoms with E-state index in [1.54, 1.807) is 29.0 Å². The molecule has 2 aromatic carbocycles. The summed E-state index contributed by atoms with van der Waals surface area (Å²) in [6, 6.07) is 13.2. The molecule has 3 rings (SSSR count). The second-order valence-corrected chi connectivity index (χ2v) is 7.01. The third-order valence-corrected chi connectivity index (χ3v) is 5.21. The number of carbonyl (C=O) groups is 2. The maximum atomic E-state index is 13.1. The number of benzene rings is 2. The molecule has 0 aromatic heterocycles. The van der Waals surface area contributed by atoms with Gasteiger partial charge in [-0.1, -0.05) is 12.1 Å². The summed E-state index contributed by atoms with van der Waals surface area (Å²) in [6.45, 7) is 4.74. The van der Waals surface area contributed by atoms with Crippen LogP contribution in [0.5, 0.6) is 5.75 Å². The number of nitrogens with zero attached hydrogens (tertiary/aromatic N) is 2. The van der Waals surface area contributed by atoms with Crippen LogP contribution < -0.4 is 9.64 Å². The lowest BCUT2D eigenvalue weighted by molar-refractivity contribution is -0.136. The van der Waals surface area contributed by atoms with Gasteiger partial charge in [0, 0.05) is 25.7 Å². The van der Waals surface area contributed by atoms with Crippen molar-refractivity contribution in [3.63, 3.8) is 0 Å². The Morgan fingerprint density at radius 2 is 1.86 bits per heavy atom. The molecule has 1 saturated heterocycles. The molecule has 1 aliphatic rings. The zero-order chi connectivity index (χ0) is 20.3. The van der Waals surface area contributed by atoms with E-state index in [2.05, 4.69) is 0 Å². The summed E-state index contributed by atoms with van der Waals surface area (Å²) in [4.78, 5) is 28.7. The second kappa shape index (κ2) is 8.42. The third kappa shape index (κ3) is 4.16. The highest BCUT2D eigenvalue weighted by Crippen LogP contribution is 2.29. The normalized spacial score (nSPS) is 17.5. The van der Waals surface area contributed by atoms with Crippen LogP contribution in [0.3, 0.4) is 0 Å². The molecule has 2 atom stereocenters. The Morgan fingerprint density at radius 1 is 1.21 bits per heavy atom. The van der Waals surface area contributed by atoms with Crippen molar-refractivity contribution in [3.8, 4) is 5.75 Å². The second-order valence-electron chi connectivity index (χ2n) is 7.01. The Hall–Kier alpha value is -2.89. The van der Waals surface area contributed by atoms with E-state index in [-0.39, 0.29) is 30.1 Å². The standard InChI is InChI=1S/C22H25FN2O3/c1-4-28-20-11-9-19(10-12-20)25-14-17(13-21(25)26)22(27)24(3)15(2)16-5-7-18(23)8-6-16/h5-12,15,17H,4,13-14H2,1-3H3. The highest BCUT2D eigenvalue weighted by Gasteiger charge is 2.37. The van der Waals surface area contributed by atoms with E-state index in [4.69, 9.17) is 4.74 Å². The molecular formula is C22H25FN2O3. The lowest BCUT2D eigenvalue weighted by Gasteiger charge is -2.28.